The van der Waals surface area contributed by atoms with E-state index in [1.807, 2.05) is 12.1 Å². The molecule has 1 N–H and O–H groups in total. The molecule has 3 aromatic rings. The predicted octanol–water partition coefficient (Wildman–Crippen LogP) is 4.88. The second-order valence-electron chi connectivity index (χ2n) is 4.61. The average molecular weight is 318 g/mol. The molecular formula is C16H12ClNO2S. The van der Waals surface area contributed by atoms with Crippen molar-refractivity contribution < 1.29 is 9.90 Å². The molecule has 2 heterocycles. The number of aromatic nitrogens is 1. The summed E-state index contributed by atoms with van der Waals surface area (Å²) >= 11 is 7.76. The number of nitrogens with zero attached hydrogens (tertiary/aromatic N) is 1. The zero-order valence-corrected chi connectivity index (χ0v) is 12.8. The van der Waals surface area contributed by atoms with E-state index in [1.165, 1.54) is 4.88 Å². The Morgan fingerprint density at radius 3 is 2.81 bits per heavy atom. The lowest BCUT2D eigenvalue weighted by Gasteiger charge is -2.07. The highest BCUT2D eigenvalue weighted by Crippen LogP contribution is 2.32. The quantitative estimate of drug-likeness (QED) is 0.749. The Hall–Kier alpha value is -1.91. The monoisotopic (exact) mass is 317 g/mol. The molecule has 0 unspecified atom stereocenters. The number of aryl methyl sites for hydroxylation is 1. The number of carbonyl (C=O) groups is 1. The first-order chi connectivity index (χ1) is 10.1. The summed E-state index contributed by atoms with van der Waals surface area (Å²) in [5.74, 6) is -0.996. The van der Waals surface area contributed by atoms with E-state index >= 15 is 0 Å². The van der Waals surface area contributed by atoms with Gasteiger partial charge in [-0.15, -0.1) is 11.3 Å². The molecule has 1 aromatic carbocycles. The van der Waals surface area contributed by atoms with Crippen LogP contribution in [0.15, 0.2) is 36.4 Å². The summed E-state index contributed by atoms with van der Waals surface area (Å²) in [5, 5.41) is 10.3. The minimum Gasteiger partial charge on any atom is -0.478 e. The molecular weight excluding hydrogens is 306 g/mol. The second-order valence-corrected chi connectivity index (χ2v) is 6.19. The number of benzene rings is 1. The predicted molar refractivity (Wildman–Crippen MR) is 86.4 cm³/mol. The van der Waals surface area contributed by atoms with E-state index in [2.05, 4.69) is 11.9 Å². The Labute approximate surface area is 130 Å². The van der Waals surface area contributed by atoms with Crippen molar-refractivity contribution >= 4 is 39.8 Å². The number of carboxylic acid groups (broad SMARTS) is 1. The van der Waals surface area contributed by atoms with Gasteiger partial charge < -0.3 is 5.11 Å². The highest BCUT2D eigenvalue weighted by atomic mass is 35.5. The minimum absolute atomic E-state index is 0.187. The Bertz CT molecular complexity index is 841. The molecule has 0 bridgehead atoms. The van der Waals surface area contributed by atoms with Crippen molar-refractivity contribution in [3.8, 4) is 10.6 Å². The first-order valence-electron chi connectivity index (χ1n) is 6.51. The van der Waals surface area contributed by atoms with Crippen LogP contribution >= 0.6 is 22.9 Å². The van der Waals surface area contributed by atoms with Gasteiger partial charge in [-0.3, -0.25) is 0 Å². The van der Waals surface area contributed by atoms with E-state index in [4.69, 9.17) is 11.6 Å². The van der Waals surface area contributed by atoms with Crippen molar-refractivity contribution in [3.05, 3.63) is 51.9 Å². The van der Waals surface area contributed by atoms with Crippen LogP contribution in [-0.4, -0.2) is 16.1 Å². The number of rotatable bonds is 3. The summed E-state index contributed by atoms with van der Waals surface area (Å²) < 4.78 is 0. The van der Waals surface area contributed by atoms with Crippen LogP contribution in [0.3, 0.4) is 0 Å². The molecule has 0 aliphatic carbocycles. The molecule has 0 spiro atoms. The lowest BCUT2D eigenvalue weighted by atomic mass is 10.1. The molecule has 0 saturated carbocycles. The van der Waals surface area contributed by atoms with Crippen molar-refractivity contribution in [2.24, 2.45) is 0 Å². The molecule has 21 heavy (non-hydrogen) atoms. The SMILES string of the molecule is CCc1ccc(-c2cc(C(=O)O)c3c(Cl)cccc3n2)s1. The molecule has 0 amide bonds. The third-order valence-corrected chi connectivity index (χ3v) is 4.84. The number of aromatic carboxylic acids is 1. The van der Waals surface area contributed by atoms with E-state index in [9.17, 15) is 9.90 Å². The zero-order valence-electron chi connectivity index (χ0n) is 11.3. The van der Waals surface area contributed by atoms with Gasteiger partial charge in [0.25, 0.3) is 0 Å². The summed E-state index contributed by atoms with van der Waals surface area (Å²) in [6, 6.07) is 10.9. The summed E-state index contributed by atoms with van der Waals surface area (Å²) in [7, 11) is 0. The number of carboxylic acids is 1. The summed E-state index contributed by atoms with van der Waals surface area (Å²) in [4.78, 5) is 18.3. The first-order valence-corrected chi connectivity index (χ1v) is 7.71. The fourth-order valence-electron chi connectivity index (χ4n) is 2.24. The standard InChI is InChI=1S/C16H12ClNO2S/c1-2-9-6-7-14(21-9)13-8-10(16(19)20)15-11(17)4-3-5-12(15)18-13/h3-8H,2H2,1H3,(H,19,20). The van der Waals surface area contributed by atoms with Gasteiger partial charge in [0.05, 0.1) is 26.7 Å². The molecule has 5 heteroatoms. The van der Waals surface area contributed by atoms with Crippen molar-refractivity contribution in [1.29, 1.82) is 0 Å². The van der Waals surface area contributed by atoms with E-state index < -0.39 is 5.97 Å². The van der Waals surface area contributed by atoms with Crippen LogP contribution in [-0.2, 0) is 6.42 Å². The Balaban J connectivity index is 2.28. The Morgan fingerprint density at radius 1 is 1.33 bits per heavy atom. The van der Waals surface area contributed by atoms with E-state index in [-0.39, 0.29) is 5.56 Å². The number of pyridine rings is 1. The van der Waals surface area contributed by atoms with Gasteiger partial charge in [0.2, 0.25) is 0 Å². The molecule has 0 aliphatic heterocycles. The van der Waals surface area contributed by atoms with Gasteiger partial charge in [0.15, 0.2) is 0 Å². The number of hydrogen-bond donors (Lipinski definition) is 1. The van der Waals surface area contributed by atoms with Crippen LogP contribution in [0.5, 0.6) is 0 Å². The lowest BCUT2D eigenvalue weighted by Crippen LogP contribution is -2.00. The summed E-state index contributed by atoms with van der Waals surface area (Å²) in [6.07, 6.45) is 0.954. The number of fused-ring (bicyclic) bond motifs is 1. The van der Waals surface area contributed by atoms with Gasteiger partial charge in [-0.25, -0.2) is 9.78 Å². The number of thiophene rings is 1. The Morgan fingerprint density at radius 2 is 2.14 bits per heavy atom. The van der Waals surface area contributed by atoms with Crippen molar-refractivity contribution in [2.45, 2.75) is 13.3 Å². The molecule has 0 radical (unpaired) electrons. The maximum atomic E-state index is 11.5. The zero-order chi connectivity index (χ0) is 15.0. The minimum atomic E-state index is -0.996. The molecule has 3 rings (SSSR count). The van der Waals surface area contributed by atoms with Crippen LogP contribution < -0.4 is 0 Å². The number of halogens is 1. The smallest absolute Gasteiger partial charge is 0.336 e. The average Bonchev–Trinajstić information content (AvgIpc) is 2.95. The summed E-state index contributed by atoms with van der Waals surface area (Å²) in [6.45, 7) is 2.09. The molecule has 106 valence electrons. The molecule has 0 saturated heterocycles. The number of hydrogen-bond acceptors (Lipinski definition) is 3. The molecule has 2 aromatic heterocycles. The highest BCUT2D eigenvalue weighted by molar-refractivity contribution is 7.15. The molecule has 0 fully saturated rings. The van der Waals surface area contributed by atoms with E-state index in [0.717, 1.165) is 11.3 Å². The maximum absolute atomic E-state index is 11.5. The van der Waals surface area contributed by atoms with Crippen LogP contribution in [0, 0.1) is 0 Å². The third kappa shape index (κ3) is 2.52. The van der Waals surface area contributed by atoms with Crippen molar-refractivity contribution in [3.63, 3.8) is 0 Å². The second kappa shape index (κ2) is 5.47. The van der Waals surface area contributed by atoms with Crippen LogP contribution in [0.25, 0.3) is 21.5 Å². The fourth-order valence-corrected chi connectivity index (χ4v) is 3.42. The summed E-state index contributed by atoms with van der Waals surface area (Å²) in [5.41, 5.74) is 1.46. The highest BCUT2D eigenvalue weighted by Gasteiger charge is 2.16. The fraction of sp³-hybridized carbons (Fsp3) is 0.125. The molecule has 3 nitrogen and oxygen atoms in total. The molecule has 0 aliphatic rings. The normalized spacial score (nSPS) is 11.0. The van der Waals surface area contributed by atoms with Crippen LogP contribution in [0.1, 0.15) is 22.2 Å². The van der Waals surface area contributed by atoms with Gasteiger partial charge in [0, 0.05) is 10.3 Å². The van der Waals surface area contributed by atoms with Crippen molar-refractivity contribution in [2.75, 3.05) is 0 Å². The van der Waals surface area contributed by atoms with Gasteiger partial charge >= 0.3 is 5.97 Å². The van der Waals surface area contributed by atoms with Gasteiger partial charge in [-0.1, -0.05) is 24.6 Å². The Kier molecular flexibility index (Phi) is 3.66. The van der Waals surface area contributed by atoms with Gasteiger partial charge in [-0.05, 0) is 36.8 Å². The van der Waals surface area contributed by atoms with E-state index in [1.54, 1.807) is 35.6 Å². The first kappa shape index (κ1) is 14.0. The lowest BCUT2D eigenvalue weighted by molar-refractivity contribution is 0.0699. The topological polar surface area (TPSA) is 50.2 Å². The van der Waals surface area contributed by atoms with Gasteiger partial charge in [0.1, 0.15) is 0 Å². The third-order valence-electron chi connectivity index (χ3n) is 3.28. The maximum Gasteiger partial charge on any atom is 0.336 e. The van der Waals surface area contributed by atoms with Gasteiger partial charge in [-0.2, -0.15) is 0 Å². The van der Waals surface area contributed by atoms with E-state index in [0.29, 0.717) is 21.6 Å². The molecule has 0 atom stereocenters. The van der Waals surface area contributed by atoms with Crippen LogP contribution in [0.2, 0.25) is 5.02 Å². The van der Waals surface area contributed by atoms with Crippen LogP contribution in [0.4, 0.5) is 0 Å². The van der Waals surface area contributed by atoms with Crippen molar-refractivity contribution in [1.82, 2.24) is 4.98 Å². The largest absolute Gasteiger partial charge is 0.478 e.